The van der Waals surface area contributed by atoms with Gasteiger partial charge in [-0.25, -0.2) is 0 Å². The number of rotatable bonds is 5. The van der Waals surface area contributed by atoms with E-state index < -0.39 is 0 Å². The maximum atomic E-state index is 5.61. The van der Waals surface area contributed by atoms with Gasteiger partial charge in [-0.15, -0.1) is 0 Å². The van der Waals surface area contributed by atoms with E-state index >= 15 is 0 Å². The van der Waals surface area contributed by atoms with Crippen molar-refractivity contribution in [2.75, 3.05) is 0 Å². The molecule has 0 radical (unpaired) electrons. The van der Waals surface area contributed by atoms with Gasteiger partial charge in [-0.2, -0.15) is 0 Å². The summed E-state index contributed by atoms with van der Waals surface area (Å²) in [6.07, 6.45) is 1.72. The standard InChI is InChI=1S/C22H16OS2/c1-3-8-18(9-4-1)24-20-14-17(22-12-7-13-23-22)15-21(16-20)25-19-10-5-2-6-11-19/h1-16H. The van der Waals surface area contributed by atoms with Crippen LogP contribution in [-0.2, 0) is 0 Å². The lowest BCUT2D eigenvalue weighted by atomic mass is 10.2. The molecule has 0 spiro atoms. The summed E-state index contributed by atoms with van der Waals surface area (Å²) in [4.78, 5) is 4.88. The van der Waals surface area contributed by atoms with Crippen LogP contribution in [0.15, 0.2) is 121 Å². The van der Waals surface area contributed by atoms with Crippen molar-refractivity contribution in [1.82, 2.24) is 0 Å². The fraction of sp³-hybridized carbons (Fsp3) is 0. The molecule has 0 amide bonds. The van der Waals surface area contributed by atoms with Gasteiger partial charge in [0.25, 0.3) is 0 Å². The van der Waals surface area contributed by atoms with Crippen LogP contribution < -0.4 is 0 Å². The Morgan fingerprint density at radius 1 is 0.520 bits per heavy atom. The van der Waals surface area contributed by atoms with Crippen LogP contribution in [0.1, 0.15) is 0 Å². The second-order valence-corrected chi connectivity index (χ2v) is 7.79. The van der Waals surface area contributed by atoms with Gasteiger partial charge in [0.2, 0.25) is 0 Å². The van der Waals surface area contributed by atoms with Crippen molar-refractivity contribution in [2.45, 2.75) is 19.6 Å². The molecule has 3 heteroatoms. The monoisotopic (exact) mass is 360 g/mol. The molecule has 0 N–H and O–H groups in total. The van der Waals surface area contributed by atoms with Gasteiger partial charge in [-0.1, -0.05) is 59.9 Å². The molecule has 1 nitrogen and oxygen atoms in total. The zero-order valence-electron chi connectivity index (χ0n) is 13.5. The number of hydrogen-bond acceptors (Lipinski definition) is 3. The highest BCUT2D eigenvalue weighted by molar-refractivity contribution is 8.00. The van der Waals surface area contributed by atoms with Gasteiger partial charge in [0.05, 0.1) is 6.26 Å². The molecule has 0 aliphatic carbocycles. The molecule has 4 rings (SSSR count). The molecule has 0 aliphatic rings. The summed E-state index contributed by atoms with van der Waals surface area (Å²) in [5, 5.41) is 0. The molecular formula is C22H16OS2. The molecule has 0 aliphatic heterocycles. The maximum absolute atomic E-state index is 5.61. The first-order valence-electron chi connectivity index (χ1n) is 8.02. The minimum atomic E-state index is 0.894. The fourth-order valence-corrected chi connectivity index (χ4v) is 4.47. The fourth-order valence-electron chi connectivity index (χ4n) is 2.52. The average Bonchev–Trinajstić information content (AvgIpc) is 3.18. The average molecular weight is 361 g/mol. The number of benzene rings is 3. The molecule has 25 heavy (non-hydrogen) atoms. The van der Waals surface area contributed by atoms with Crippen LogP contribution in [0.5, 0.6) is 0 Å². The van der Waals surface area contributed by atoms with E-state index in [-0.39, 0.29) is 0 Å². The van der Waals surface area contributed by atoms with Crippen molar-refractivity contribution in [3.63, 3.8) is 0 Å². The molecule has 0 saturated carbocycles. The highest BCUT2D eigenvalue weighted by Gasteiger charge is 2.08. The molecule has 0 bridgehead atoms. The Bertz CT molecular complexity index is 873. The van der Waals surface area contributed by atoms with Gasteiger partial charge in [-0.05, 0) is 54.6 Å². The summed E-state index contributed by atoms with van der Waals surface area (Å²) in [7, 11) is 0. The Labute approximate surface area is 156 Å². The van der Waals surface area contributed by atoms with Crippen molar-refractivity contribution >= 4 is 23.5 Å². The Balaban J connectivity index is 1.70. The molecule has 0 unspecified atom stereocenters. The van der Waals surface area contributed by atoms with E-state index in [0.717, 1.165) is 11.3 Å². The van der Waals surface area contributed by atoms with Crippen molar-refractivity contribution in [3.05, 3.63) is 97.3 Å². The molecule has 3 aromatic carbocycles. The van der Waals surface area contributed by atoms with Crippen LogP contribution in [0, 0.1) is 0 Å². The highest BCUT2D eigenvalue weighted by Crippen LogP contribution is 2.37. The predicted molar refractivity (Wildman–Crippen MR) is 105 cm³/mol. The lowest BCUT2D eigenvalue weighted by Crippen LogP contribution is -1.82. The lowest BCUT2D eigenvalue weighted by Gasteiger charge is -2.09. The van der Waals surface area contributed by atoms with Gasteiger partial charge < -0.3 is 4.42 Å². The summed E-state index contributed by atoms with van der Waals surface area (Å²) in [6, 6.07) is 31.4. The van der Waals surface area contributed by atoms with Crippen LogP contribution >= 0.6 is 23.5 Å². The molecule has 0 saturated heterocycles. The molecular weight excluding hydrogens is 344 g/mol. The number of furan rings is 1. The molecule has 122 valence electrons. The van der Waals surface area contributed by atoms with Crippen molar-refractivity contribution in [2.24, 2.45) is 0 Å². The zero-order valence-corrected chi connectivity index (χ0v) is 15.1. The van der Waals surface area contributed by atoms with Gasteiger partial charge in [0.15, 0.2) is 0 Å². The highest BCUT2D eigenvalue weighted by atomic mass is 32.2. The van der Waals surface area contributed by atoms with E-state index in [1.807, 2.05) is 24.3 Å². The molecule has 1 aromatic heterocycles. The second kappa shape index (κ2) is 7.68. The van der Waals surface area contributed by atoms with E-state index in [4.69, 9.17) is 4.42 Å². The molecule has 0 fully saturated rings. The Morgan fingerprint density at radius 3 is 1.56 bits per heavy atom. The first kappa shape index (κ1) is 16.1. The SMILES string of the molecule is c1ccc(Sc2cc(Sc3ccccc3)cc(-c3ccco3)c2)cc1. The molecule has 4 aromatic rings. The summed E-state index contributed by atoms with van der Waals surface area (Å²) in [5.41, 5.74) is 1.10. The summed E-state index contributed by atoms with van der Waals surface area (Å²) in [5.74, 6) is 0.894. The quantitative estimate of drug-likeness (QED) is 0.372. The number of hydrogen-bond donors (Lipinski definition) is 0. The van der Waals surface area contributed by atoms with Crippen LogP contribution in [0.4, 0.5) is 0 Å². The smallest absolute Gasteiger partial charge is 0.133 e. The second-order valence-electron chi connectivity index (χ2n) is 5.50. The van der Waals surface area contributed by atoms with E-state index in [2.05, 4.69) is 66.7 Å². The third kappa shape index (κ3) is 4.19. The first-order valence-corrected chi connectivity index (χ1v) is 9.65. The van der Waals surface area contributed by atoms with Gasteiger partial charge in [0, 0.05) is 25.1 Å². The van der Waals surface area contributed by atoms with E-state index in [9.17, 15) is 0 Å². The largest absolute Gasteiger partial charge is 0.464 e. The third-order valence-electron chi connectivity index (χ3n) is 3.64. The van der Waals surface area contributed by atoms with E-state index in [0.29, 0.717) is 0 Å². The van der Waals surface area contributed by atoms with Gasteiger partial charge in [0.1, 0.15) is 5.76 Å². The van der Waals surface area contributed by atoms with Crippen LogP contribution in [-0.4, -0.2) is 0 Å². The van der Waals surface area contributed by atoms with Crippen molar-refractivity contribution in [1.29, 1.82) is 0 Å². The van der Waals surface area contributed by atoms with Gasteiger partial charge in [-0.3, -0.25) is 0 Å². The summed E-state index contributed by atoms with van der Waals surface area (Å²) >= 11 is 3.54. The normalized spacial score (nSPS) is 10.7. The van der Waals surface area contributed by atoms with E-state index in [1.54, 1.807) is 29.8 Å². The van der Waals surface area contributed by atoms with Gasteiger partial charge >= 0.3 is 0 Å². The maximum Gasteiger partial charge on any atom is 0.133 e. The summed E-state index contributed by atoms with van der Waals surface area (Å²) in [6.45, 7) is 0. The van der Waals surface area contributed by atoms with Crippen molar-refractivity contribution in [3.8, 4) is 11.3 Å². The topological polar surface area (TPSA) is 13.1 Å². The first-order chi connectivity index (χ1) is 12.4. The third-order valence-corrected chi connectivity index (χ3v) is 5.60. The predicted octanol–water partition coefficient (Wildman–Crippen LogP) is 7.25. The van der Waals surface area contributed by atoms with Crippen LogP contribution in [0.25, 0.3) is 11.3 Å². The Kier molecular flexibility index (Phi) is 4.96. The Morgan fingerprint density at radius 2 is 1.08 bits per heavy atom. The van der Waals surface area contributed by atoms with Crippen LogP contribution in [0.2, 0.25) is 0 Å². The Hall–Kier alpha value is -2.36. The molecule has 0 atom stereocenters. The minimum absolute atomic E-state index is 0.894. The van der Waals surface area contributed by atoms with Crippen LogP contribution in [0.3, 0.4) is 0 Å². The zero-order chi connectivity index (χ0) is 16.9. The van der Waals surface area contributed by atoms with Crippen molar-refractivity contribution < 1.29 is 4.42 Å². The lowest BCUT2D eigenvalue weighted by molar-refractivity contribution is 0.582. The summed E-state index contributed by atoms with van der Waals surface area (Å²) < 4.78 is 5.61. The van der Waals surface area contributed by atoms with E-state index in [1.165, 1.54) is 19.6 Å². The molecule has 1 heterocycles. The minimum Gasteiger partial charge on any atom is -0.464 e.